The van der Waals surface area contributed by atoms with Crippen molar-refractivity contribution in [1.82, 2.24) is 25.2 Å². The Bertz CT molecular complexity index is 1680. The van der Waals surface area contributed by atoms with Crippen LogP contribution in [-0.2, 0) is 29.1 Å². The molecule has 3 fully saturated rings. The average molecular weight is 702 g/mol. The zero-order valence-electron chi connectivity index (χ0n) is 27.4. The number of carbonyl (C=O) groups excluding carboxylic acids is 4. The summed E-state index contributed by atoms with van der Waals surface area (Å²) in [6.45, 7) is 5.24. The van der Waals surface area contributed by atoms with Gasteiger partial charge in [0.05, 0.1) is 22.0 Å². The molecule has 2 aliphatic carbocycles. The fourth-order valence-corrected chi connectivity index (χ4v) is 8.59. The zero-order valence-corrected chi connectivity index (χ0v) is 29.0. The second kappa shape index (κ2) is 13.3. The van der Waals surface area contributed by atoms with Crippen molar-refractivity contribution >= 4 is 55.4 Å². The molecule has 4 amide bonds. The third-order valence-corrected chi connectivity index (χ3v) is 11.8. The van der Waals surface area contributed by atoms with Crippen LogP contribution in [0.25, 0.3) is 10.2 Å². The normalized spacial score (nSPS) is 29.0. The number of rotatable bonds is 6. The van der Waals surface area contributed by atoms with Gasteiger partial charge in [-0.15, -0.1) is 0 Å². The summed E-state index contributed by atoms with van der Waals surface area (Å²) in [6.07, 6.45) is 7.05. The van der Waals surface area contributed by atoms with Gasteiger partial charge in [0.25, 0.3) is 11.1 Å². The number of alkyl carbamates (subject to hydrolysis) is 1. The van der Waals surface area contributed by atoms with E-state index in [1.165, 1.54) is 16.2 Å². The quantitative estimate of drug-likeness (QED) is 0.381. The van der Waals surface area contributed by atoms with Crippen molar-refractivity contribution in [2.24, 2.45) is 5.92 Å². The number of amides is 4. The number of para-hydroxylation sites is 1. The molecule has 0 unspecified atom stereocenters. The highest BCUT2D eigenvalue weighted by Crippen LogP contribution is 2.46. The fourth-order valence-electron chi connectivity index (χ4n) is 6.34. The van der Waals surface area contributed by atoms with Gasteiger partial charge in [0.15, 0.2) is 0 Å². The van der Waals surface area contributed by atoms with Crippen molar-refractivity contribution < 1.29 is 37.1 Å². The first kappa shape index (κ1) is 34.2. The zero-order chi connectivity index (χ0) is 34.3. The number of thiazole rings is 1. The lowest BCUT2D eigenvalue weighted by atomic mass is 10.0. The first-order valence-electron chi connectivity index (χ1n) is 16.6. The second-order valence-electron chi connectivity index (χ2n) is 14.1. The van der Waals surface area contributed by atoms with E-state index in [9.17, 15) is 27.6 Å². The minimum Gasteiger partial charge on any atom is -0.465 e. The van der Waals surface area contributed by atoms with Crippen molar-refractivity contribution in [3.05, 3.63) is 36.4 Å². The van der Waals surface area contributed by atoms with Gasteiger partial charge in [-0.1, -0.05) is 48.5 Å². The minimum atomic E-state index is -3.86. The number of aromatic nitrogens is 1. The highest BCUT2D eigenvalue weighted by molar-refractivity contribution is 7.91. The van der Waals surface area contributed by atoms with E-state index in [2.05, 4.69) is 20.3 Å². The Morgan fingerprint density at radius 3 is 2.60 bits per heavy atom. The molecular weight excluding hydrogens is 659 g/mol. The van der Waals surface area contributed by atoms with Crippen LogP contribution < -0.4 is 20.1 Å². The molecule has 260 valence electrons. The molecule has 2 aliphatic heterocycles. The van der Waals surface area contributed by atoms with Gasteiger partial charge in [-0.05, 0) is 71.4 Å². The summed E-state index contributed by atoms with van der Waals surface area (Å²) in [5.41, 5.74) is -1.48. The number of ether oxygens (including phenoxy) is 2. The average Bonchev–Trinajstić information content (AvgIpc) is 3.89. The summed E-state index contributed by atoms with van der Waals surface area (Å²) in [5.74, 6) is -2.24. The number of allylic oxidation sites excluding steroid dienone is 1. The Labute approximate surface area is 284 Å². The molecule has 6 rings (SSSR count). The summed E-state index contributed by atoms with van der Waals surface area (Å²) >= 11 is 1.35. The predicted octanol–water partition coefficient (Wildman–Crippen LogP) is 3.54. The molecule has 15 heteroatoms. The molecule has 13 nitrogen and oxygen atoms in total. The number of nitrogens with zero attached hydrogens (tertiary/aromatic N) is 2. The maximum Gasteiger partial charge on any atom is 0.408 e. The van der Waals surface area contributed by atoms with Gasteiger partial charge >= 0.3 is 6.09 Å². The molecule has 1 aromatic heterocycles. The van der Waals surface area contributed by atoms with Gasteiger partial charge in [0.1, 0.15) is 29.3 Å². The Morgan fingerprint density at radius 1 is 1.10 bits per heavy atom. The third-order valence-electron chi connectivity index (χ3n) is 9.08. The fraction of sp³-hybridized carbons (Fsp3) is 0.606. The van der Waals surface area contributed by atoms with Crippen LogP contribution in [0.2, 0.25) is 0 Å². The number of benzene rings is 1. The van der Waals surface area contributed by atoms with Crippen LogP contribution in [0.3, 0.4) is 0 Å². The van der Waals surface area contributed by atoms with Gasteiger partial charge in [-0.25, -0.2) is 18.2 Å². The minimum absolute atomic E-state index is 0.0396. The molecule has 5 atom stereocenters. The maximum atomic E-state index is 14.3. The first-order valence-corrected chi connectivity index (χ1v) is 19.0. The summed E-state index contributed by atoms with van der Waals surface area (Å²) in [4.78, 5) is 60.8. The predicted molar refractivity (Wildman–Crippen MR) is 179 cm³/mol. The monoisotopic (exact) mass is 701 g/mol. The largest absolute Gasteiger partial charge is 0.465 e. The Kier molecular flexibility index (Phi) is 9.46. The number of nitrogens with one attached hydrogen (secondary N) is 3. The van der Waals surface area contributed by atoms with Crippen LogP contribution in [0.15, 0.2) is 36.4 Å². The number of hydrogen-bond donors (Lipinski definition) is 3. The molecule has 0 spiro atoms. The van der Waals surface area contributed by atoms with E-state index in [1.54, 1.807) is 20.8 Å². The first-order chi connectivity index (χ1) is 22.7. The van der Waals surface area contributed by atoms with Crippen LogP contribution in [0.4, 0.5) is 4.79 Å². The van der Waals surface area contributed by atoms with Crippen molar-refractivity contribution in [2.45, 2.75) is 113 Å². The molecule has 1 aromatic carbocycles. The molecule has 1 saturated heterocycles. The van der Waals surface area contributed by atoms with E-state index < -0.39 is 74.3 Å². The summed E-state index contributed by atoms with van der Waals surface area (Å²) in [6, 6.07) is 5.56. The Morgan fingerprint density at radius 2 is 1.88 bits per heavy atom. The van der Waals surface area contributed by atoms with Crippen LogP contribution in [-0.4, -0.2) is 83.2 Å². The van der Waals surface area contributed by atoms with E-state index in [0.29, 0.717) is 37.3 Å². The number of hydrogen-bond acceptors (Lipinski definition) is 10. The topological polar surface area (TPSA) is 173 Å². The van der Waals surface area contributed by atoms with Crippen molar-refractivity contribution in [2.75, 3.05) is 6.54 Å². The molecule has 4 aliphatic rings. The Balaban J connectivity index is 1.28. The van der Waals surface area contributed by atoms with E-state index in [4.69, 9.17) is 9.47 Å². The molecule has 2 saturated carbocycles. The summed E-state index contributed by atoms with van der Waals surface area (Å²) in [5, 5.41) is 5.38. The number of sulfonamides is 1. The highest BCUT2D eigenvalue weighted by Gasteiger charge is 2.62. The van der Waals surface area contributed by atoms with E-state index in [-0.39, 0.29) is 19.4 Å². The molecule has 0 radical (unpaired) electrons. The maximum absolute atomic E-state index is 14.3. The molecule has 0 bridgehead atoms. The Hall–Kier alpha value is -3.72. The van der Waals surface area contributed by atoms with Crippen molar-refractivity contribution in [3.8, 4) is 5.19 Å². The third kappa shape index (κ3) is 7.77. The highest BCUT2D eigenvalue weighted by atomic mass is 32.2. The lowest BCUT2D eigenvalue weighted by Crippen LogP contribution is -2.58. The lowest BCUT2D eigenvalue weighted by molar-refractivity contribution is -0.141. The van der Waals surface area contributed by atoms with Gasteiger partial charge in [-0.3, -0.25) is 19.1 Å². The van der Waals surface area contributed by atoms with Gasteiger partial charge < -0.3 is 25.0 Å². The summed E-state index contributed by atoms with van der Waals surface area (Å²) in [7, 11) is -3.86. The van der Waals surface area contributed by atoms with E-state index in [1.807, 2.05) is 36.4 Å². The smallest absolute Gasteiger partial charge is 0.408 e. The van der Waals surface area contributed by atoms with Crippen LogP contribution >= 0.6 is 11.3 Å². The molecule has 3 heterocycles. The van der Waals surface area contributed by atoms with Gasteiger partial charge in [0.2, 0.25) is 21.8 Å². The standard InChI is InChI=1S/C33H43N5O8S2/c1-32(2,3)46-30(42)34-24-13-8-6-4-5-7-11-20-18-33(20,29(41)37-48(43,44)22-15-16-22)36-27(39)25-17-21(19-38(25)28(24)40)45-31-35-23-12-9-10-14-26(23)47-31/h7,9-12,14,20-22,24-25H,4-6,8,13,15-19H2,1-3H3,(H,34,42)(H,36,39)(H,37,41)/b11-7-/t20-,21-,24+,25+,33-/m1/s1. The van der Waals surface area contributed by atoms with Crippen molar-refractivity contribution in [1.29, 1.82) is 0 Å². The van der Waals surface area contributed by atoms with Crippen LogP contribution in [0.5, 0.6) is 5.19 Å². The molecular formula is C33H43N5O8S2. The SMILES string of the molecule is CC(C)(C)OC(=O)N[C@H]1CCCCC/C=C\[C@@H]2C[C@@]2(C(=O)NS(=O)(=O)C2CC2)NC(=O)[C@@H]2C[C@@H](Oc3nc4ccccc4s3)CN2C1=O. The lowest BCUT2D eigenvalue weighted by Gasteiger charge is -2.30. The van der Waals surface area contributed by atoms with Gasteiger partial charge in [-0.2, -0.15) is 0 Å². The molecule has 3 N–H and O–H groups in total. The van der Waals surface area contributed by atoms with E-state index >= 15 is 0 Å². The number of fused-ring (bicyclic) bond motifs is 3. The molecule has 48 heavy (non-hydrogen) atoms. The van der Waals surface area contributed by atoms with Crippen molar-refractivity contribution in [3.63, 3.8) is 0 Å². The summed E-state index contributed by atoms with van der Waals surface area (Å²) < 4.78 is 40.3. The van der Waals surface area contributed by atoms with Crippen LogP contribution in [0, 0.1) is 5.92 Å². The molecule has 2 aromatic rings. The van der Waals surface area contributed by atoms with Crippen LogP contribution in [0.1, 0.15) is 78.6 Å². The van der Waals surface area contributed by atoms with Gasteiger partial charge in [0, 0.05) is 12.3 Å². The van der Waals surface area contributed by atoms with E-state index in [0.717, 1.165) is 23.1 Å². The second-order valence-corrected chi connectivity index (χ2v) is 17.1. The number of carbonyl (C=O) groups is 4.